The minimum absolute atomic E-state index is 0. The minimum Gasteiger partial charge on any atom is -0.418 e. The van der Waals surface area contributed by atoms with E-state index in [9.17, 15) is 39.3 Å². The third-order valence-electron chi connectivity index (χ3n) is 0.903. The molecule has 1 heterocycles. The van der Waals surface area contributed by atoms with Crippen LogP contribution in [0.5, 0.6) is 0 Å². The number of rotatable bonds is 0. The Balaban J connectivity index is -0.000000170. The molecule has 2 nitrogen and oxygen atoms in total. The van der Waals surface area contributed by atoms with E-state index < -0.39 is 14.5 Å². The molecular formula is C4H7B2CuF8NO. The summed E-state index contributed by atoms with van der Waals surface area (Å²) in [7, 11) is -12.0. The van der Waals surface area contributed by atoms with Gasteiger partial charge in [0.1, 0.15) is 0 Å². The molecule has 1 rings (SSSR count). The van der Waals surface area contributed by atoms with Gasteiger partial charge in [0.15, 0.2) is 0 Å². The van der Waals surface area contributed by atoms with Gasteiger partial charge in [0.25, 0.3) is 0 Å². The van der Waals surface area contributed by atoms with Gasteiger partial charge in [0.2, 0.25) is 5.91 Å². The molecule has 13 heteroatoms. The van der Waals surface area contributed by atoms with Crippen molar-refractivity contribution >= 4 is 20.4 Å². The van der Waals surface area contributed by atoms with Crippen LogP contribution in [0.2, 0.25) is 0 Å². The molecule has 0 saturated carbocycles. The Morgan fingerprint density at radius 1 is 0.882 bits per heavy atom. The van der Waals surface area contributed by atoms with Crippen LogP contribution in [-0.4, -0.2) is 27.0 Å². The van der Waals surface area contributed by atoms with Crippen molar-refractivity contribution in [2.45, 2.75) is 12.8 Å². The molecule has 1 fully saturated rings. The Hall–Kier alpha value is -0.441. The molecule has 0 bridgehead atoms. The van der Waals surface area contributed by atoms with Crippen molar-refractivity contribution in [3.05, 3.63) is 0 Å². The van der Waals surface area contributed by atoms with Crippen LogP contribution >= 0.6 is 0 Å². The third kappa shape index (κ3) is 66.5. The fourth-order valence-electron chi connectivity index (χ4n) is 0.565. The van der Waals surface area contributed by atoms with E-state index in [1.807, 2.05) is 0 Å². The zero-order valence-corrected chi connectivity index (χ0v) is 8.95. The molecule has 0 aromatic heterocycles. The normalized spacial score (nSPS) is 14.5. The molecule has 1 amide bonds. The molecule has 0 aromatic rings. The number of amides is 1. The fourth-order valence-corrected chi connectivity index (χ4v) is 0.565. The van der Waals surface area contributed by atoms with Crippen molar-refractivity contribution in [1.29, 1.82) is 0 Å². The predicted molar refractivity (Wildman–Crippen MR) is 42.6 cm³/mol. The van der Waals surface area contributed by atoms with Crippen LogP contribution in [0.25, 0.3) is 0 Å². The van der Waals surface area contributed by atoms with E-state index in [1.54, 1.807) is 0 Å². The van der Waals surface area contributed by atoms with Gasteiger partial charge in [0, 0.05) is 13.0 Å². The Morgan fingerprint density at radius 2 is 1.18 bits per heavy atom. The number of nitrogens with one attached hydrogen (secondary N) is 1. The molecular weight excluding hydrogens is 315 g/mol. The van der Waals surface area contributed by atoms with Crippen molar-refractivity contribution in [1.82, 2.24) is 5.32 Å². The van der Waals surface area contributed by atoms with E-state index in [2.05, 4.69) is 5.32 Å². The SMILES string of the molecule is F[B-](F)(F)F.F[B-](F)(F)F.O=C1CCCN1.[Cu+2]. The summed E-state index contributed by atoms with van der Waals surface area (Å²) < 4.78 is 78.0. The number of hydrogen-bond donors (Lipinski definition) is 1. The first-order valence-electron chi connectivity index (χ1n) is 3.91. The number of hydrogen-bond acceptors (Lipinski definition) is 1. The van der Waals surface area contributed by atoms with Gasteiger partial charge in [-0.2, -0.15) is 0 Å². The molecule has 0 aliphatic carbocycles. The molecule has 1 aliphatic heterocycles. The molecule has 0 aromatic carbocycles. The first-order valence-corrected chi connectivity index (χ1v) is 3.91. The van der Waals surface area contributed by atoms with Crippen LogP contribution in [0.3, 0.4) is 0 Å². The first-order chi connectivity index (χ1) is 6.89. The Morgan fingerprint density at radius 3 is 1.24 bits per heavy atom. The first kappa shape index (κ1) is 21.8. The molecule has 0 unspecified atom stereocenters. The van der Waals surface area contributed by atoms with Gasteiger partial charge >= 0.3 is 31.6 Å². The van der Waals surface area contributed by atoms with Crippen molar-refractivity contribution in [3.63, 3.8) is 0 Å². The average Bonchev–Trinajstić information content (AvgIpc) is 2.30. The summed E-state index contributed by atoms with van der Waals surface area (Å²) in [4.78, 5) is 10.1. The molecule has 0 spiro atoms. The predicted octanol–water partition coefficient (Wildman–Crippen LogP) is 2.49. The fraction of sp³-hybridized carbons (Fsp3) is 0.750. The molecule has 1 aliphatic rings. The Labute approximate surface area is 102 Å². The second kappa shape index (κ2) is 9.58. The molecule has 0 atom stereocenters. The van der Waals surface area contributed by atoms with Crippen molar-refractivity contribution < 1.29 is 56.4 Å². The van der Waals surface area contributed by atoms with Gasteiger partial charge in [-0.15, -0.1) is 0 Å². The second-order valence-electron chi connectivity index (χ2n) is 2.44. The molecule has 17 heavy (non-hydrogen) atoms. The van der Waals surface area contributed by atoms with Crippen LogP contribution in [0.15, 0.2) is 0 Å². The summed E-state index contributed by atoms with van der Waals surface area (Å²) in [5.74, 6) is 0.204. The van der Waals surface area contributed by atoms with Gasteiger partial charge in [-0.25, -0.2) is 0 Å². The number of halogens is 8. The summed E-state index contributed by atoms with van der Waals surface area (Å²) in [6.07, 6.45) is 1.76. The number of carbonyl (C=O) groups is 1. The van der Waals surface area contributed by atoms with Gasteiger partial charge in [0.05, 0.1) is 0 Å². The molecule has 1 radical (unpaired) electrons. The van der Waals surface area contributed by atoms with E-state index in [1.165, 1.54) is 0 Å². The Bertz CT molecular complexity index is 177. The smallest absolute Gasteiger partial charge is 0.418 e. The van der Waals surface area contributed by atoms with Crippen LogP contribution in [0, 0.1) is 0 Å². The van der Waals surface area contributed by atoms with E-state index in [4.69, 9.17) is 0 Å². The summed E-state index contributed by atoms with van der Waals surface area (Å²) in [6.45, 7) is 0.888. The average molecular weight is 322 g/mol. The van der Waals surface area contributed by atoms with Gasteiger partial charge in [-0.1, -0.05) is 0 Å². The summed E-state index contributed by atoms with van der Waals surface area (Å²) >= 11 is 0. The second-order valence-corrected chi connectivity index (χ2v) is 2.44. The maximum absolute atomic E-state index is 10.1. The van der Waals surface area contributed by atoms with Gasteiger partial charge < -0.3 is 39.8 Å². The van der Waals surface area contributed by atoms with Crippen molar-refractivity contribution in [2.75, 3.05) is 6.54 Å². The minimum atomic E-state index is -6.00. The van der Waals surface area contributed by atoms with E-state index in [-0.39, 0.29) is 23.0 Å². The van der Waals surface area contributed by atoms with E-state index in [0.29, 0.717) is 0 Å². The summed E-state index contributed by atoms with van der Waals surface area (Å²) in [6, 6.07) is 0. The monoisotopic (exact) mass is 322 g/mol. The van der Waals surface area contributed by atoms with Crippen molar-refractivity contribution in [2.24, 2.45) is 0 Å². The molecule has 1 saturated heterocycles. The third-order valence-corrected chi connectivity index (χ3v) is 0.903. The zero-order valence-electron chi connectivity index (χ0n) is 8.01. The Kier molecular flexibility index (Phi) is 12.3. The van der Waals surface area contributed by atoms with Gasteiger partial charge in [-0.05, 0) is 6.42 Å². The topological polar surface area (TPSA) is 29.1 Å². The standard InChI is InChI=1S/C4H7NO.2BF4.Cu/c6-4-2-1-3-5-4;2*2-1(3,4)5;/h1-3H2,(H,5,6);;;/q;2*-1;+2. The zero-order chi connectivity index (χ0) is 13.4. The maximum atomic E-state index is 10.1. The summed E-state index contributed by atoms with van der Waals surface area (Å²) in [5, 5.41) is 2.68. The van der Waals surface area contributed by atoms with Crippen molar-refractivity contribution in [3.8, 4) is 0 Å². The molecule has 107 valence electrons. The quantitative estimate of drug-likeness (QED) is 0.539. The molecule has 1 N–H and O–H groups in total. The maximum Gasteiger partial charge on any atom is 2.00 e. The number of carbonyl (C=O) groups excluding carboxylic acids is 1. The van der Waals surface area contributed by atoms with Crippen LogP contribution < -0.4 is 5.32 Å². The largest absolute Gasteiger partial charge is 2.00 e. The van der Waals surface area contributed by atoms with Crippen LogP contribution in [-0.2, 0) is 21.9 Å². The van der Waals surface area contributed by atoms with Crippen LogP contribution in [0.1, 0.15) is 12.8 Å². The van der Waals surface area contributed by atoms with Crippen LogP contribution in [0.4, 0.5) is 34.5 Å². The van der Waals surface area contributed by atoms with E-state index >= 15 is 0 Å². The van der Waals surface area contributed by atoms with Gasteiger partial charge in [-0.3, -0.25) is 4.79 Å². The summed E-state index contributed by atoms with van der Waals surface area (Å²) in [5.41, 5.74) is 0. The van der Waals surface area contributed by atoms with E-state index in [0.717, 1.165) is 19.4 Å².